The van der Waals surface area contributed by atoms with Crippen molar-refractivity contribution in [3.8, 4) is 0 Å². The van der Waals surface area contributed by atoms with E-state index in [0.717, 1.165) is 0 Å². The molecule has 1 atom stereocenters. The van der Waals surface area contributed by atoms with E-state index in [2.05, 4.69) is 11.3 Å². The molecule has 0 spiro atoms. The number of hydrogen-bond donors (Lipinski definition) is 0. The van der Waals surface area contributed by atoms with Gasteiger partial charge in [-0.3, -0.25) is 0 Å². The van der Waals surface area contributed by atoms with Crippen LogP contribution in [0.15, 0.2) is 12.7 Å². The normalized spacial score (nSPS) is 12.2. The van der Waals surface area contributed by atoms with Gasteiger partial charge in [0.2, 0.25) is 0 Å². The van der Waals surface area contributed by atoms with Crippen molar-refractivity contribution >= 4 is 6.22 Å². The fourth-order valence-corrected chi connectivity index (χ4v) is 0.194. The van der Waals surface area contributed by atoms with Crippen molar-refractivity contribution in [2.45, 2.75) is 13.0 Å². The van der Waals surface area contributed by atoms with Crippen LogP contribution in [-0.4, -0.2) is 12.3 Å². The second-order valence-electron chi connectivity index (χ2n) is 1.30. The summed E-state index contributed by atoms with van der Waals surface area (Å²) in [6, 6.07) is 0. The molecule has 0 radical (unpaired) electrons. The zero-order valence-corrected chi connectivity index (χ0v) is 4.56. The van der Waals surface area contributed by atoms with Gasteiger partial charge >= 0.3 is 6.22 Å². The van der Waals surface area contributed by atoms with E-state index in [0.29, 0.717) is 0 Å². The Bertz CT molecular complexity index is 101. The lowest BCUT2D eigenvalue weighted by Gasteiger charge is -2.00. The van der Waals surface area contributed by atoms with Crippen LogP contribution in [0.4, 0.5) is 9.18 Å². The van der Waals surface area contributed by atoms with Gasteiger partial charge in [-0.1, -0.05) is 12.7 Å². The Morgan fingerprint density at radius 3 is 2.62 bits per heavy atom. The van der Waals surface area contributed by atoms with E-state index < -0.39 is 12.3 Å². The van der Waals surface area contributed by atoms with Gasteiger partial charge in [-0.15, -0.1) is 4.39 Å². The van der Waals surface area contributed by atoms with Gasteiger partial charge in [0.25, 0.3) is 0 Å². The zero-order valence-electron chi connectivity index (χ0n) is 4.56. The fraction of sp³-hybridized carbons (Fsp3) is 0.400. The van der Waals surface area contributed by atoms with E-state index in [1.165, 1.54) is 13.0 Å². The molecular weight excluding hydrogens is 111 g/mol. The molecule has 0 amide bonds. The van der Waals surface area contributed by atoms with Gasteiger partial charge in [0.1, 0.15) is 6.10 Å². The van der Waals surface area contributed by atoms with Crippen molar-refractivity contribution in [2.24, 2.45) is 0 Å². The Balaban J connectivity index is 3.38. The summed E-state index contributed by atoms with van der Waals surface area (Å²) in [6.45, 7) is 4.79. The van der Waals surface area contributed by atoms with Crippen LogP contribution in [0, 0.1) is 0 Å². The van der Waals surface area contributed by atoms with Gasteiger partial charge in [0, 0.05) is 0 Å². The first kappa shape index (κ1) is 7.14. The van der Waals surface area contributed by atoms with Crippen molar-refractivity contribution in [3.05, 3.63) is 12.7 Å². The molecule has 0 rings (SSSR count). The molecule has 0 N–H and O–H groups in total. The van der Waals surface area contributed by atoms with Gasteiger partial charge in [0.15, 0.2) is 0 Å². The molecule has 46 valence electrons. The average molecular weight is 118 g/mol. The lowest BCUT2D eigenvalue weighted by Crippen LogP contribution is -2.05. The SMILES string of the molecule is C=CC(C)OC(=O)F. The summed E-state index contributed by atoms with van der Waals surface area (Å²) in [5.41, 5.74) is 0. The molecule has 2 nitrogen and oxygen atoms in total. The molecule has 8 heavy (non-hydrogen) atoms. The van der Waals surface area contributed by atoms with Crippen LogP contribution >= 0.6 is 0 Å². The Morgan fingerprint density at radius 2 is 2.50 bits per heavy atom. The summed E-state index contributed by atoms with van der Waals surface area (Å²) in [5.74, 6) is 0. The van der Waals surface area contributed by atoms with Crippen molar-refractivity contribution < 1.29 is 13.9 Å². The van der Waals surface area contributed by atoms with Crippen molar-refractivity contribution in [1.82, 2.24) is 0 Å². The number of rotatable bonds is 2. The van der Waals surface area contributed by atoms with Crippen LogP contribution in [0.1, 0.15) is 6.92 Å². The van der Waals surface area contributed by atoms with E-state index in [-0.39, 0.29) is 0 Å². The minimum Gasteiger partial charge on any atom is -0.433 e. The Kier molecular flexibility index (Phi) is 2.84. The molecule has 0 aromatic carbocycles. The van der Waals surface area contributed by atoms with Crippen LogP contribution in [0.3, 0.4) is 0 Å². The smallest absolute Gasteiger partial charge is 0.433 e. The number of ether oxygens (including phenoxy) is 1. The van der Waals surface area contributed by atoms with Crippen LogP contribution in [-0.2, 0) is 4.74 Å². The number of carbonyl (C=O) groups excluding carboxylic acids is 1. The van der Waals surface area contributed by atoms with E-state index in [4.69, 9.17) is 0 Å². The van der Waals surface area contributed by atoms with E-state index in [9.17, 15) is 9.18 Å². The summed E-state index contributed by atoms with van der Waals surface area (Å²) >= 11 is 0. The van der Waals surface area contributed by atoms with Crippen molar-refractivity contribution in [2.75, 3.05) is 0 Å². The Hall–Kier alpha value is -0.860. The molecule has 0 saturated carbocycles. The predicted octanol–water partition coefficient (Wildman–Crippen LogP) is 1.67. The topological polar surface area (TPSA) is 26.3 Å². The molecule has 0 aromatic heterocycles. The monoisotopic (exact) mass is 118 g/mol. The highest BCUT2D eigenvalue weighted by atomic mass is 19.1. The largest absolute Gasteiger partial charge is 0.496 e. The maximum Gasteiger partial charge on any atom is 0.496 e. The lowest BCUT2D eigenvalue weighted by atomic mass is 10.4. The summed E-state index contributed by atoms with van der Waals surface area (Å²) in [7, 11) is 0. The zero-order chi connectivity index (χ0) is 6.57. The summed E-state index contributed by atoms with van der Waals surface area (Å²) < 4.78 is 15.2. The highest BCUT2D eigenvalue weighted by Gasteiger charge is 2.00. The maximum atomic E-state index is 11.2. The third-order valence-corrected chi connectivity index (χ3v) is 0.610. The van der Waals surface area contributed by atoms with Gasteiger partial charge in [-0.25, -0.2) is 4.79 Å². The number of carbonyl (C=O) groups is 1. The van der Waals surface area contributed by atoms with Crippen molar-refractivity contribution in [1.29, 1.82) is 0 Å². The average Bonchev–Trinajstić information content (AvgIpc) is 1.65. The number of halogens is 1. The molecule has 0 heterocycles. The molecule has 0 bridgehead atoms. The minimum atomic E-state index is -1.77. The molecule has 0 aliphatic carbocycles. The summed E-state index contributed by atoms with van der Waals surface area (Å²) in [4.78, 5) is 9.48. The van der Waals surface area contributed by atoms with E-state index in [1.807, 2.05) is 0 Å². The first-order valence-electron chi connectivity index (χ1n) is 2.15. The summed E-state index contributed by atoms with van der Waals surface area (Å²) in [5, 5.41) is 0. The lowest BCUT2D eigenvalue weighted by molar-refractivity contribution is 0.103. The molecule has 1 unspecified atom stereocenters. The molecule has 3 heteroatoms. The second-order valence-corrected chi connectivity index (χ2v) is 1.30. The molecular formula is C5H7FO2. The second kappa shape index (κ2) is 3.18. The van der Waals surface area contributed by atoms with Crippen molar-refractivity contribution in [3.63, 3.8) is 0 Å². The van der Waals surface area contributed by atoms with Gasteiger partial charge in [-0.2, -0.15) is 0 Å². The highest BCUT2D eigenvalue weighted by Crippen LogP contribution is 1.92. The first-order valence-corrected chi connectivity index (χ1v) is 2.15. The third kappa shape index (κ3) is 3.33. The van der Waals surface area contributed by atoms with Crippen LogP contribution in [0.5, 0.6) is 0 Å². The van der Waals surface area contributed by atoms with Gasteiger partial charge < -0.3 is 4.74 Å². The van der Waals surface area contributed by atoms with Gasteiger partial charge in [-0.05, 0) is 6.92 Å². The molecule has 0 saturated heterocycles. The molecule has 0 fully saturated rings. The van der Waals surface area contributed by atoms with Crippen LogP contribution in [0.25, 0.3) is 0 Å². The van der Waals surface area contributed by atoms with Crippen LogP contribution < -0.4 is 0 Å². The summed E-state index contributed by atoms with van der Waals surface area (Å²) in [6.07, 6.45) is -0.970. The van der Waals surface area contributed by atoms with E-state index in [1.54, 1.807) is 0 Å². The fourth-order valence-electron chi connectivity index (χ4n) is 0.194. The quantitative estimate of drug-likeness (QED) is 0.407. The molecule has 0 aromatic rings. The highest BCUT2D eigenvalue weighted by molar-refractivity contribution is 5.58. The maximum absolute atomic E-state index is 11.2. The minimum absolute atomic E-state index is 0.535. The molecule has 0 aliphatic rings. The van der Waals surface area contributed by atoms with Crippen LogP contribution in [0.2, 0.25) is 0 Å². The standard InChI is InChI=1S/C5H7FO2/c1-3-4(2)8-5(6)7/h3-4H,1H2,2H3. The van der Waals surface area contributed by atoms with Gasteiger partial charge in [0.05, 0.1) is 0 Å². The Morgan fingerprint density at radius 1 is 2.00 bits per heavy atom. The number of hydrogen-bond acceptors (Lipinski definition) is 2. The Labute approximate surface area is 47.0 Å². The predicted molar refractivity (Wildman–Crippen MR) is 27.2 cm³/mol. The molecule has 0 aliphatic heterocycles. The third-order valence-electron chi connectivity index (χ3n) is 0.610. The first-order chi connectivity index (χ1) is 3.66. The van der Waals surface area contributed by atoms with E-state index >= 15 is 0 Å².